The lowest BCUT2D eigenvalue weighted by Crippen LogP contribution is -2.20. The van der Waals surface area contributed by atoms with Gasteiger partial charge in [-0.25, -0.2) is 4.39 Å². The third-order valence-corrected chi connectivity index (χ3v) is 3.59. The molecule has 0 aliphatic rings. The van der Waals surface area contributed by atoms with Crippen molar-refractivity contribution < 1.29 is 4.39 Å². The number of likely N-dealkylation sites (N-methyl/N-ethyl adjacent to an activating group) is 1. The molecule has 0 radical (unpaired) electrons. The number of pyridine rings is 1. The van der Waals surface area contributed by atoms with Gasteiger partial charge in [0.25, 0.3) is 0 Å². The van der Waals surface area contributed by atoms with Gasteiger partial charge in [0.1, 0.15) is 5.82 Å². The molecule has 1 heterocycles. The molecule has 100 valence electrons. The van der Waals surface area contributed by atoms with Gasteiger partial charge in [-0.05, 0) is 71.2 Å². The minimum atomic E-state index is -0.194. The van der Waals surface area contributed by atoms with E-state index in [1.54, 1.807) is 12.3 Å². The first-order valence-corrected chi connectivity index (χ1v) is 6.92. The zero-order chi connectivity index (χ0) is 13.8. The van der Waals surface area contributed by atoms with Crippen molar-refractivity contribution in [1.29, 1.82) is 0 Å². The molecule has 0 saturated heterocycles. The van der Waals surface area contributed by atoms with E-state index in [0.29, 0.717) is 0 Å². The Bertz CT molecular complexity index is 572. The molecule has 4 heteroatoms. The largest absolute Gasteiger partial charge is 0.313 e. The summed E-state index contributed by atoms with van der Waals surface area (Å²) in [5, 5.41) is 3.28. The first kappa shape index (κ1) is 14.2. The van der Waals surface area contributed by atoms with Gasteiger partial charge in [-0.1, -0.05) is 6.07 Å². The molecule has 2 nitrogen and oxygen atoms in total. The van der Waals surface area contributed by atoms with Crippen LogP contribution < -0.4 is 5.32 Å². The molecule has 0 saturated carbocycles. The van der Waals surface area contributed by atoms with E-state index < -0.39 is 0 Å². The van der Waals surface area contributed by atoms with Gasteiger partial charge >= 0.3 is 0 Å². The van der Waals surface area contributed by atoms with E-state index >= 15 is 0 Å². The Hall–Kier alpha value is -1.26. The highest BCUT2D eigenvalue weighted by molar-refractivity contribution is 9.10. The number of benzene rings is 1. The Kier molecular flexibility index (Phi) is 4.66. The summed E-state index contributed by atoms with van der Waals surface area (Å²) in [6, 6.07) is 7.12. The summed E-state index contributed by atoms with van der Waals surface area (Å²) < 4.78 is 14.1. The Morgan fingerprint density at radius 1 is 1.32 bits per heavy atom. The van der Waals surface area contributed by atoms with Crippen LogP contribution in [-0.2, 0) is 6.42 Å². The van der Waals surface area contributed by atoms with E-state index in [4.69, 9.17) is 0 Å². The fraction of sp³-hybridized carbons (Fsp3) is 0.267. The van der Waals surface area contributed by atoms with Gasteiger partial charge in [-0.3, -0.25) is 4.98 Å². The van der Waals surface area contributed by atoms with Crippen molar-refractivity contribution in [3.05, 3.63) is 63.6 Å². The van der Waals surface area contributed by atoms with E-state index in [1.165, 1.54) is 6.07 Å². The number of nitrogens with zero attached hydrogens (tertiary/aromatic N) is 1. The molecule has 0 fully saturated rings. The second kappa shape index (κ2) is 6.26. The Morgan fingerprint density at radius 2 is 2.11 bits per heavy atom. The van der Waals surface area contributed by atoms with Crippen LogP contribution in [0.2, 0.25) is 0 Å². The quantitative estimate of drug-likeness (QED) is 0.926. The summed E-state index contributed by atoms with van der Waals surface area (Å²) in [6.07, 6.45) is 4.43. The second-order valence-corrected chi connectivity index (χ2v) is 5.47. The van der Waals surface area contributed by atoms with E-state index in [9.17, 15) is 4.39 Å². The van der Waals surface area contributed by atoms with Gasteiger partial charge in [-0.15, -0.1) is 0 Å². The smallest absolute Gasteiger partial charge is 0.123 e. The molecule has 1 unspecified atom stereocenters. The number of rotatable bonds is 4. The van der Waals surface area contributed by atoms with Crippen LogP contribution in [0.1, 0.15) is 22.7 Å². The van der Waals surface area contributed by atoms with Gasteiger partial charge in [-0.2, -0.15) is 0 Å². The van der Waals surface area contributed by atoms with Crippen molar-refractivity contribution >= 4 is 15.9 Å². The van der Waals surface area contributed by atoms with Crippen molar-refractivity contribution in [2.75, 3.05) is 7.05 Å². The van der Waals surface area contributed by atoms with Crippen LogP contribution in [0.4, 0.5) is 4.39 Å². The van der Waals surface area contributed by atoms with Crippen molar-refractivity contribution in [2.45, 2.75) is 19.4 Å². The van der Waals surface area contributed by atoms with Crippen molar-refractivity contribution in [2.24, 2.45) is 0 Å². The van der Waals surface area contributed by atoms with Crippen LogP contribution in [0.25, 0.3) is 0 Å². The topological polar surface area (TPSA) is 24.9 Å². The summed E-state index contributed by atoms with van der Waals surface area (Å²) >= 11 is 3.42. The minimum absolute atomic E-state index is 0.150. The zero-order valence-corrected chi connectivity index (χ0v) is 12.5. The Balaban J connectivity index is 2.25. The lowest BCUT2D eigenvalue weighted by molar-refractivity contribution is 0.581. The number of nitrogens with one attached hydrogen (secondary N) is 1. The van der Waals surface area contributed by atoms with E-state index in [0.717, 1.165) is 27.6 Å². The summed E-state index contributed by atoms with van der Waals surface area (Å²) in [7, 11) is 1.92. The maximum absolute atomic E-state index is 13.2. The predicted octanol–water partition coefficient (Wildman–Crippen LogP) is 3.79. The highest BCUT2D eigenvalue weighted by atomic mass is 79.9. The molecule has 1 atom stereocenters. The normalized spacial score (nSPS) is 12.4. The van der Waals surface area contributed by atoms with Crippen LogP contribution in [0.15, 0.2) is 41.1 Å². The summed E-state index contributed by atoms with van der Waals surface area (Å²) in [6.45, 7) is 1.93. The number of halogens is 2. The molecule has 1 N–H and O–H groups in total. The van der Waals surface area contributed by atoms with Crippen LogP contribution in [0.3, 0.4) is 0 Å². The SMILES string of the molecule is CNC(Cc1cncc(Br)c1)c1ccc(F)cc1C. The molecule has 0 spiro atoms. The fourth-order valence-corrected chi connectivity index (χ4v) is 2.61. The monoisotopic (exact) mass is 322 g/mol. The van der Waals surface area contributed by atoms with Crippen molar-refractivity contribution in [3.8, 4) is 0 Å². The lowest BCUT2D eigenvalue weighted by atomic mass is 9.96. The molecule has 0 aliphatic carbocycles. The number of aromatic nitrogens is 1. The molecule has 19 heavy (non-hydrogen) atoms. The van der Waals surface area contributed by atoms with Crippen LogP contribution in [-0.4, -0.2) is 12.0 Å². The Labute approximate surface area is 121 Å². The molecular weight excluding hydrogens is 307 g/mol. The van der Waals surface area contributed by atoms with Gasteiger partial charge in [0, 0.05) is 22.9 Å². The first-order chi connectivity index (χ1) is 9.10. The van der Waals surface area contributed by atoms with E-state index in [-0.39, 0.29) is 11.9 Å². The van der Waals surface area contributed by atoms with Gasteiger partial charge in [0.05, 0.1) is 0 Å². The molecular formula is C15H16BrFN2. The van der Waals surface area contributed by atoms with E-state index in [2.05, 4.69) is 32.3 Å². The van der Waals surface area contributed by atoms with Crippen molar-refractivity contribution in [3.63, 3.8) is 0 Å². The van der Waals surface area contributed by atoms with Crippen LogP contribution in [0, 0.1) is 12.7 Å². The Morgan fingerprint density at radius 3 is 2.74 bits per heavy atom. The van der Waals surface area contributed by atoms with Crippen molar-refractivity contribution in [1.82, 2.24) is 10.3 Å². The third-order valence-electron chi connectivity index (χ3n) is 3.16. The standard InChI is InChI=1S/C15H16BrFN2/c1-10-5-13(17)3-4-14(10)15(18-2)7-11-6-12(16)9-19-8-11/h3-6,8-9,15,18H,7H2,1-2H3. The lowest BCUT2D eigenvalue weighted by Gasteiger charge is -2.19. The molecule has 0 bridgehead atoms. The highest BCUT2D eigenvalue weighted by Crippen LogP contribution is 2.23. The summed E-state index contributed by atoms with van der Waals surface area (Å²) in [5.41, 5.74) is 3.21. The minimum Gasteiger partial charge on any atom is -0.313 e. The average molecular weight is 323 g/mol. The zero-order valence-electron chi connectivity index (χ0n) is 11.0. The van der Waals surface area contributed by atoms with Gasteiger partial charge in [0.2, 0.25) is 0 Å². The molecule has 2 aromatic rings. The molecule has 1 aromatic carbocycles. The summed E-state index contributed by atoms with van der Waals surface area (Å²) in [4.78, 5) is 4.17. The summed E-state index contributed by atoms with van der Waals surface area (Å²) in [5.74, 6) is -0.194. The molecule has 1 aromatic heterocycles. The highest BCUT2D eigenvalue weighted by Gasteiger charge is 2.13. The van der Waals surface area contributed by atoms with Crippen LogP contribution in [0.5, 0.6) is 0 Å². The van der Waals surface area contributed by atoms with Crippen LogP contribution >= 0.6 is 15.9 Å². The molecule has 0 amide bonds. The first-order valence-electron chi connectivity index (χ1n) is 6.13. The number of hydrogen-bond donors (Lipinski definition) is 1. The number of aryl methyl sites for hydroxylation is 1. The third kappa shape index (κ3) is 3.61. The maximum atomic E-state index is 13.2. The predicted molar refractivity (Wildman–Crippen MR) is 78.6 cm³/mol. The second-order valence-electron chi connectivity index (χ2n) is 4.56. The molecule has 0 aliphatic heterocycles. The molecule has 2 rings (SSSR count). The fourth-order valence-electron chi connectivity index (χ4n) is 2.20. The average Bonchev–Trinajstić information content (AvgIpc) is 2.37. The maximum Gasteiger partial charge on any atom is 0.123 e. The van der Waals surface area contributed by atoms with E-state index in [1.807, 2.05) is 26.2 Å². The van der Waals surface area contributed by atoms with Gasteiger partial charge in [0.15, 0.2) is 0 Å². The van der Waals surface area contributed by atoms with Gasteiger partial charge < -0.3 is 5.32 Å². The number of hydrogen-bond acceptors (Lipinski definition) is 2.